The predicted octanol–water partition coefficient (Wildman–Crippen LogP) is 4.64. The van der Waals surface area contributed by atoms with E-state index in [0.29, 0.717) is 33.5 Å². The molecule has 8 nitrogen and oxygen atoms in total. The molecule has 0 aliphatic carbocycles. The number of nitrogens with zero attached hydrogens (tertiary/aromatic N) is 5. The summed E-state index contributed by atoms with van der Waals surface area (Å²) in [5.41, 5.74) is 2.21. The van der Waals surface area contributed by atoms with E-state index in [1.54, 1.807) is 91.0 Å². The minimum absolute atomic E-state index is 0. The van der Waals surface area contributed by atoms with Crippen molar-refractivity contribution in [3.63, 3.8) is 0 Å². The Kier molecular flexibility index (Phi) is 11.5. The summed E-state index contributed by atoms with van der Waals surface area (Å²) < 4.78 is 0. The number of para-hydroxylation sites is 1. The van der Waals surface area contributed by atoms with Crippen LogP contribution in [0, 0.1) is 28.1 Å². The summed E-state index contributed by atoms with van der Waals surface area (Å²) >= 11 is 0. The molecular weight excluding hydrogens is 633 g/mol. The summed E-state index contributed by atoms with van der Waals surface area (Å²) in [6.45, 7) is 0. The Labute approximate surface area is 283 Å². The third-order valence-electron chi connectivity index (χ3n) is 7.48. The van der Waals surface area contributed by atoms with Crippen LogP contribution >= 0.6 is 0 Å². The minimum atomic E-state index is -1.68. The number of carbonyl (C=O) groups is 1. The smallest absolute Gasteiger partial charge is 0.857 e. The monoisotopic (exact) mass is 659 g/mol. The summed E-state index contributed by atoms with van der Waals surface area (Å²) in [6, 6.07) is 38.3. The molecule has 1 atom stereocenters. The Morgan fingerprint density at radius 3 is 1.96 bits per heavy atom. The molecule has 1 aromatic heterocycles. The Bertz CT molecular complexity index is 1920. The Morgan fingerprint density at radius 1 is 0.787 bits per heavy atom. The van der Waals surface area contributed by atoms with Crippen LogP contribution in [0.15, 0.2) is 138 Å². The van der Waals surface area contributed by atoms with Crippen LogP contribution in [0.3, 0.4) is 0 Å². The Balaban J connectivity index is 0.00000500. The van der Waals surface area contributed by atoms with Gasteiger partial charge in [-0.2, -0.15) is 10.5 Å². The number of carboxylic acids is 1. The molecule has 0 radical (unpaired) electrons. The zero-order valence-corrected chi connectivity index (χ0v) is 26.0. The molecule has 232 valence electrons. The van der Waals surface area contributed by atoms with Crippen LogP contribution in [-0.2, 0) is 34.1 Å². The van der Waals surface area contributed by atoms with Crippen LogP contribution in [0.25, 0.3) is 0 Å². The zero-order chi connectivity index (χ0) is 32.4. The van der Waals surface area contributed by atoms with Crippen molar-refractivity contribution in [3.05, 3.63) is 167 Å². The van der Waals surface area contributed by atoms with Gasteiger partial charge in [0.05, 0.1) is 46.0 Å². The van der Waals surface area contributed by atoms with Crippen LogP contribution < -0.4 is 10.2 Å². The average molecular weight is 660 g/mol. The second kappa shape index (κ2) is 15.9. The molecule has 0 saturated heterocycles. The first kappa shape index (κ1) is 34.0. The molecular formula is C38H27N5NiO3. The maximum atomic E-state index is 13.2. The number of pyridine rings is 1. The second-order valence-electron chi connectivity index (χ2n) is 10.7. The van der Waals surface area contributed by atoms with Crippen LogP contribution in [0.1, 0.15) is 45.1 Å². The number of hydrogen-bond donors (Lipinski definition) is 0. The molecule has 0 spiro atoms. The topological polar surface area (TPSA) is 148 Å². The summed E-state index contributed by atoms with van der Waals surface area (Å²) in [6.07, 6.45) is 2.85. The summed E-state index contributed by atoms with van der Waals surface area (Å²) in [4.78, 5) is 26.6. The van der Waals surface area contributed by atoms with Crippen molar-refractivity contribution >= 4 is 23.8 Å². The number of aliphatic carboxylic acids is 1. The van der Waals surface area contributed by atoms with E-state index < -0.39 is 23.3 Å². The van der Waals surface area contributed by atoms with E-state index >= 15 is 0 Å². The standard InChI is InChI=1S/C38H29N5O3.Ni/c39-24-29-12-8-10-27(20-29)22-38(37(45)46,23-28-11-9-13-30(21-28)25-40)26-42-35(31-14-2-1-3-15-31)32-16-4-5-17-33(32)43-36(44)34-18-6-7-19-41-34;/h1-21,26,35H,22-23H2,(H,43,44)(H,45,46);/q;+2/p-2. The van der Waals surface area contributed by atoms with Gasteiger partial charge in [0.2, 0.25) is 0 Å². The Morgan fingerprint density at radius 2 is 1.38 bits per heavy atom. The first-order valence-corrected chi connectivity index (χ1v) is 14.5. The maximum absolute atomic E-state index is 13.2. The van der Waals surface area contributed by atoms with E-state index in [1.165, 1.54) is 12.4 Å². The van der Waals surface area contributed by atoms with Gasteiger partial charge in [-0.1, -0.05) is 78.9 Å². The number of hydrogen-bond acceptors (Lipinski definition) is 8. The summed E-state index contributed by atoms with van der Waals surface area (Å²) in [7, 11) is 0. The molecule has 0 bridgehead atoms. The van der Waals surface area contributed by atoms with Crippen molar-refractivity contribution in [2.75, 3.05) is 0 Å². The quantitative estimate of drug-likeness (QED) is 0.115. The molecule has 5 rings (SSSR count). The molecule has 0 amide bonds. The number of nitriles is 2. The second-order valence-corrected chi connectivity index (χ2v) is 10.7. The predicted molar refractivity (Wildman–Crippen MR) is 171 cm³/mol. The van der Waals surface area contributed by atoms with Crippen LogP contribution in [0.4, 0.5) is 5.69 Å². The van der Waals surface area contributed by atoms with Gasteiger partial charge in [-0.05, 0) is 72.0 Å². The first-order valence-electron chi connectivity index (χ1n) is 14.5. The van der Waals surface area contributed by atoms with Crippen LogP contribution in [-0.4, -0.2) is 23.1 Å². The van der Waals surface area contributed by atoms with Crippen molar-refractivity contribution in [3.8, 4) is 12.1 Å². The van der Waals surface area contributed by atoms with Gasteiger partial charge in [-0.15, -0.1) is 0 Å². The van der Waals surface area contributed by atoms with Gasteiger partial charge in [0, 0.05) is 23.9 Å². The van der Waals surface area contributed by atoms with Crippen LogP contribution in [0.5, 0.6) is 0 Å². The average Bonchev–Trinajstić information content (AvgIpc) is 3.09. The molecule has 0 saturated carbocycles. The molecule has 0 fully saturated rings. The fourth-order valence-electron chi connectivity index (χ4n) is 5.26. The van der Waals surface area contributed by atoms with Crippen molar-refractivity contribution in [2.45, 2.75) is 18.9 Å². The molecule has 0 N–H and O–H groups in total. The molecule has 0 aliphatic heterocycles. The fourth-order valence-corrected chi connectivity index (χ4v) is 5.26. The molecule has 1 heterocycles. The van der Waals surface area contributed by atoms with E-state index in [-0.39, 0.29) is 35.0 Å². The van der Waals surface area contributed by atoms with E-state index in [9.17, 15) is 25.5 Å². The number of carbonyl (C=O) groups excluding carboxylic acids is 1. The van der Waals surface area contributed by atoms with Crippen LogP contribution in [0.2, 0.25) is 0 Å². The van der Waals surface area contributed by atoms with Crippen molar-refractivity contribution < 1.29 is 31.5 Å². The molecule has 9 heteroatoms. The fraction of sp³-hybridized carbons (Fsp3) is 0.105. The molecule has 1 unspecified atom stereocenters. The molecule has 4 aromatic carbocycles. The first-order chi connectivity index (χ1) is 22.4. The summed E-state index contributed by atoms with van der Waals surface area (Å²) in [5, 5.41) is 45.2. The molecule has 0 aliphatic rings. The molecule has 5 aromatic rings. The largest absolute Gasteiger partial charge is 2.00 e. The number of rotatable bonds is 11. The van der Waals surface area contributed by atoms with Gasteiger partial charge >= 0.3 is 16.5 Å². The van der Waals surface area contributed by atoms with Crippen molar-refractivity contribution in [1.82, 2.24) is 4.98 Å². The van der Waals surface area contributed by atoms with E-state index in [1.807, 2.05) is 30.3 Å². The third-order valence-corrected chi connectivity index (χ3v) is 7.48. The summed E-state index contributed by atoms with van der Waals surface area (Å²) in [5.74, 6) is -1.89. The number of carboxylic acid groups (broad SMARTS) is 1. The van der Waals surface area contributed by atoms with E-state index in [4.69, 9.17) is 4.99 Å². The van der Waals surface area contributed by atoms with E-state index in [2.05, 4.69) is 22.1 Å². The number of aromatic nitrogens is 1. The van der Waals surface area contributed by atoms with Gasteiger partial charge in [0.15, 0.2) is 0 Å². The van der Waals surface area contributed by atoms with Gasteiger partial charge in [0.25, 0.3) is 0 Å². The van der Waals surface area contributed by atoms with Gasteiger partial charge in [-0.3, -0.25) is 15.0 Å². The van der Waals surface area contributed by atoms with Gasteiger partial charge < -0.3 is 15.0 Å². The van der Waals surface area contributed by atoms with Crippen molar-refractivity contribution in [1.29, 1.82) is 10.5 Å². The Hall–Kier alpha value is -5.89. The van der Waals surface area contributed by atoms with Gasteiger partial charge in [0.1, 0.15) is 6.04 Å². The van der Waals surface area contributed by atoms with Gasteiger partial charge in [-0.25, -0.2) is 0 Å². The third kappa shape index (κ3) is 8.44. The maximum Gasteiger partial charge on any atom is 2.00 e. The number of aliphatic imine (C=N–C) groups is 2. The molecule has 47 heavy (non-hydrogen) atoms. The van der Waals surface area contributed by atoms with E-state index in [0.717, 1.165) is 5.56 Å². The normalized spacial score (nSPS) is 12.0. The SMILES string of the molecule is N#Cc1cccc(CC(C=NC(c2ccccc2)c2ccccc2N=C([O-])c2ccccn2)(Cc2cccc(C#N)c2)C(=O)[O-])c1.[Ni+2]. The zero-order valence-electron chi connectivity index (χ0n) is 25.0. The van der Waals surface area contributed by atoms with Crippen molar-refractivity contribution in [2.24, 2.45) is 15.4 Å². The minimum Gasteiger partial charge on any atom is -0.857 e. The number of benzene rings is 4.